The van der Waals surface area contributed by atoms with E-state index in [1.165, 1.54) is 23.1 Å². The summed E-state index contributed by atoms with van der Waals surface area (Å²) in [5.41, 5.74) is 1.10. The molecular weight excluding hydrogens is 314 g/mol. The molecule has 1 aromatic carbocycles. The van der Waals surface area contributed by atoms with Gasteiger partial charge in [0.2, 0.25) is 0 Å². The number of nitro benzene ring substituents is 1. The van der Waals surface area contributed by atoms with Gasteiger partial charge >= 0.3 is 12.0 Å². The smallest absolute Gasteiger partial charge is 0.338 e. The van der Waals surface area contributed by atoms with Crippen molar-refractivity contribution in [1.29, 1.82) is 0 Å². The average Bonchev–Trinajstić information content (AvgIpc) is 2.54. The standard InChI is InChI=1S/C16H19N3O5/c1-4-18-10(3)13(15(20)24-5-2)14(17-16(18)21)11-7-6-8-12(9-11)19(22)23/h6-9,14H,4-5H2,1-3H3,(H,17,21)/t14-/m0/s1. The van der Waals surface area contributed by atoms with E-state index in [9.17, 15) is 19.7 Å². The molecule has 2 amide bonds. The summed E-state index contributed by atoms with van der Waals surface area (Å²) in [6.07, 6.45) is 0. The third-order valence-electron chi connectivity index (χ3n) is 3.82. The Morgan fingerprint density at radius 3 is 2.71 bits per heavy atom. The third kappa shape index (κ3) is 3.22. The van der Waals surface area contributed by atoms with E-state index in [-0.39, 0.29) is 23.9 Å². The van der Waals surface area contributed by atoms with Gasteiger partial charge in [-0.25, -0.2) is 9.59 Å². The number of esters is 1. The number of hydrogen-bond donors (Lipinski definition) is 1. The van der Waals surface area contributed by atoms with E-state index in [2.05, 4.69) is 5.32 Å². The molecule has 0 saturated heterocycles. The molecule has 0 unspecified atom stereocenters. The van der Waals surface area contributed by atoms with Crippen molar-refractivity contribution in [3.63, 3.8) is 0 Å². The molecule has 1 N–H and O–H groups in total. The molecule has 0 fully saturated rings. The first-order valence-electron chi connectivity index (χ1n) is 7.60. The lowest BCUT2D eigenvalue weighted by Crippen LogP contribution is -2.47. The monoisotopic (exact) mass is 333 g/mol. The summed E-state index contributed by atoms with van der Waals surface area (Å²) < 4.78 is 5.10. The first-order chi connectivity index (χ1) is 11.4. The maximum Gasteiger partial charge on any atom is 0.338 e. The molecule has 1 aliphatic rings. The summed E-state index contributed by atoms with van der Waals surface area (Å²) in [5.74, 6) is -0.551. The molecule has 0 aromatic heterocycles. The number of hydrogen-bond acceptors (Lipinski definition) is 5. The summed E-state index contributed by atoms with van der Waals surface area (Å²) in [5, 5.41) is 13.7. The van der Waals surface area contributed by atoms with Crippen molar-refractivity contribution in [2.75, 3.05) is 13.2 Å². The maximum atomic E-state index is 12.4. The molecule has 0 saturated carbocycles. The number of benzene rings is 1. The van der Waals surface area contributed by atoms with Gasteiger partial charge in [-0.05, 0) is 26.3 Å². The van der Waals surface area contributed by atoms with Crippen LogP contribution >= 0.6 is 0 Å². The van der Waals surface area contributed by atoms with Crippen molar-refractivity contribution in [2.24, 2.45) is 0 Å². The van der Waals surface area contributed by atoms with E-state index in [0.29, 0.717) is 17.8 Å². The zero-order chi connectivity index (χ0) is 17.9. The van der Waals surface area contributed by atoms with E-state index in [4.69, 9.17) is 4.74 Å². The fraction of sp³-hybridized carbons (Fsp3) is 0.375. The molecular formula is C16H19N3O5. The Labute approximate surface area is 139 Å². The lowest BCUT2D eigenvalue weighted by atomic mass is 9.94. The Hall–Kier alpha value is -2.90. The van der Waals surface area contributed by atoms with Gasteiger partial charge in [-0.15, -0.1) is 0 Å². The van der Waals surface area contributed by atoms with Gasteiger partial charge in [0.05, 0.1) is 23.1 Å². The topological polar surface area (TPSA) is 102 Å². The van der Waals surface area contributed by atoms with Crippen molar-refractivity contribution in [3.8, 4) is 0 Å². The first-order valence-corrected chi connectivity index (χ1v) is 7.60. The lowest BCUT2D eigenvalue weighted by Gasteiger charge is -2.34. The number of non-ortho nitro benzene ring substituents is 1. The molecule has 1 aliphatic heterocycles. The Morgan fingerprint density at radius 1 is 1.42 bits per heavy atom. The van der Waals surface area contributed by atoms with Crippen molar-refractivity contribution in [2.45, 2.75) is 26.8 Å². The van der Waals surface area contributed by atoms with Gasteiger partial charge in [-0.3, -0.25) is 15.0 Å². The number of allylic oxidation sites excluding steroid dienone is 1. The van der Waals surface area contributed by atoms with Crippen LogP contribution in [0.2, 0.25) is 0 Å². The molecule has 2 rings (SSSR count). The van der Waals surface area contributed by atoms with E-state index < -0.39 is 16.9 Å². The van der Waals surface area contributed by atoms with Crippen molar-refractivity contribution < 1.29 is 19.2 Å². The van der Waals surface area contributed by atoms with Gasteiger partial charge in [0, 0.05) is 24.4 Å². The minimum atomic E-state index is -0.792. The molecule has 8 nitrogen and oxygen atoms in total. The van der Waals surface area contributed by atoms with E-state index in [1.54, 1.807) is 26.8 Å². The summed E-state index contributed by atoms with van der Waals surface area (Å²) in [7, 11) is 0. The Balaban J connectivity index is 2.55. The molecule has 0 radical (unpaired) electrons. The van der Waals surface area contributed by atoms with E-state index >= 15 is 0 Å². The molecule has 0 bridgehead atoms. The molecule has 128 valence electrons. The Morgan fingerprint density at radius 2 is 2.12 bits per heavy atom. The normalized spacial score (nSPS) is 17.5. The van der Waals surface area contributed by atoms with Crippen LogP contribution in [0.1, 0.15) is 32.4 Å². The minimum Gasteiger partial charge on any atom is -0.463 e. The van der Waals surface area contributed by atoms with E-state index in [0.717, 1.165) is 0 Å². The Kier molecular flexibility index (Phi) is 5.18. The first kappa shape index (κ1) is 17.5. The third-order valence-corrected chi connectivity index (χ3v) is 3.82. The lowest BCUT2D eigenvalue weighted by molar-refractivity contribution is -0.384. The molecule has 0 spiro atoms. The van der Waals surface area contributed by atoms with Crippen molar-refractivity contribution in [3.05, 3.63) is 51.2 Å². The molecule has 0 aliphatic carbocycles. The predicted molar refractivity (Wildman–Crippen MR) is 86.1 cm³/mol. The van der Waals surface area contributed by atoms with Crippen LogP contribution in [0.25, 0.3) is 0 Å². The SMILES string of the molecule is CCOC(=O)C1=C(C)N(CC)C(=O)N[C@H]1c1cccc([N+](=O)[O-])c1. The second kappa shape index (κ2) is 7.12. The van der Waals surface area contributed by atoms with Crippen LogP contribution in [0.4, 0.5) is 10.5 Å². The van der Waals surface area contributed by atoms with Crippen LogP contribution in [0.5, 0.6) is 0 Å². The number of urea groups is 1. The summed E-state index contributed by atoms with van der Waals surface area (Å²) in [6.45, 7) is 5.73. The predicted octanol–water partition coefficient (Wildman–Crippen LogP) is 2.52. The van der Waals surface area contributed by atoms with Crippen molar-refractivity contribution in [1.82, 2.24) is 10.2 Å². The quantitative estimate of drug-likeness (QED) is 0.507. The van der Waals surface area contributed by atoms with Gasteiger partial charge in [-0.2, -0.15) is 0 Å². The number of nitro groups is 1. The van der Waals surface area contributed by atoms with Crippen LogP contribution in [-0.4, -0.2) is 35.0 Å². The number of carbonyl (C=O) groups is 2. The highest BCUT2D eigenvalue weighted by Crippen LogP contribution is 2.32. The molecule has 8 heteroatoms. The highest BCUT2D eigenvalue weighted by molar-refractivity contribution is 5.95. The number of rotatable bonds is 5. The zero-order valence-electron chi connectivity index (χ0n) is 13.7. The number of amides is 2. The fourth-order valence-electron chi connectivity index (χ4n) is 2.70. The van der Waals surface area contributed by atoms with Gasteiger partial charge < -0.3 is 10.1 Å². The van der Waals surface area contributed by atoms with Crippen LogP contribution in [0.15, 0.2) is 35.5 Å². The second-order valence-corrected chi connectivity index (χ2v) is 5.20. The maximum absolute atomic E-state index is 12.4. The molecule has 1 aromatic rings. The largest absolute Gasteiger partial charge is 0.463 e. The molecule has 1 heterocycles. The average molecular weight is 333 g/mol. The number of ether oxygens (including phenoxy) is 1. The van der Waals surface area contributed by atoms with Gasteiger partial charge in [0.25, 0.3) is 5.69 Å². The van der Waals surface area contributed by atoms with Crippen LogP contribution in [0, 0.1) is 10.1 Å². The number of nitrogens with one attached hydrogen (secondary N) is 1. The fourth-order valence-corrected chi connectivity index (χ4v) is 2.70. The Bertz CT molecular complexity index is 713. The summed E-state index contributed by atoms with van der Waals surface area (Å²) in [4.78, 5) is 36.5. The van der Waals surface area contributed by atoms with Crippen LogP contribution in [0.3, 0.4) is 0 Å². The summed E-state index contributed by atoms with van der Waals surface area (Å²) >= 11 is 0. The second-order valence-electron chi connectivity index (χ2n) is 5.20. The van der Waals surface area contributed by atoms with Gasteiger partial charge in [0.15, 0.2) is 0 Å². The van der Waals surface area contributed by atoms with Crippen molar-refractivity contribution >= 4 is 17.7 Å². The molecule has 24 heavy (non-hydrogen) atoms. The van der Waals surface area contributed by atoms with Gasteiger partial charge in [0.1, 0.15) is 0 Å². The number of carbonyl (C=O) groups excluding carboxylic acids is 2. The zero-order valence-corrected chi connectivity index (χ0v) is 13.7. The number of nitrogens with zero attached hydrogens (tertiary/aromatic N) is 2. The highest BCUT2D eigenvalue weighted by atomic mass is 16.6. The molecule has 1 atom stereocenters. The minimum absolute atomic E-state index is 0.111. The van der Waals surface area contributed by atoms with E-state index in [1.807, 2.05) is 0 Å². The van der Waals surface area contributed by atoms with Gasteiger partial charge in [-0.1, -0.05) is 12.1 Å². The van der Waals surface area contributed by atoms with Crippen LogP contribution in [-0.2, 0) is 9.53 Å². The highest BCUT2D eigenvalue weighted by Gasteiger charge is 2.36. The summed E-state index contributed by atoms with van der Waals surface area (Å²) in [6, 6.07) is 4.70. The van der Waals surface area contributed by atoms with Crippen LogP contribution < -0.4 is 5.32 Å².